The van der Waals surface area contributed by atoms with Crippen LogP contribution in [0, 0.1) is 11.3 Å². The first-order valence-electron chi connectivity index (χ1n) is 9.70. The van der Waals surface area contributed by atoms with Gasteiger partial charge in [0.25, 0.3) is 0 Å². The van der Waals surface area contributed by atoms with Crippen molar-refractivity contribution in [1.29, 1.82) is 5.26 Å². The number of amidine groups is 1. The number of aliphatic imine (C=N–C) groups is 1. The minimum absolute atomic E-state index is 0.0102. The van der Waals surface area contributed by atoms with Gasteiger partial charge < -0.3 is 10.2 Å². The zero-order valence-electron chi connectivity index (χ0n) is 18.1. The highest BCUT2D eigenvalue weighted by Crippen LogP contribution is 2.23. The van der Waals surface area contributed by atoms with E-state index in [-0.39, 0.29) is 6.04 Å². The van der Waals surface area contributed by atoms with Crippen LogP contribution in [0.1, 0.15) is 49.9 Å². The zero-order chi connectivity index (χ0) is 22.0. The molecular formula is C25H32N4. The highest BCUT2D eigenvalue weighted by atomic mass is 15.2. The number of likely N-dealkylation sites (N-methyl/N-ethyl adjacent to an activating group) is 1. The number of hydrogen-bond donors (Lipinski definition) is 1. The molecule has 4 nitrogen and oxygen atoms in total. The van der Waals surface area contributed by atoms with Crippen LogP contribution >= 0.6 is 0 Å². The van der Waals surface area contributed by atoms with Crippen LogP contribution in [0.25, 0.3) is 0 Å². The summed E-state index contributed by atoms with van der Waals surface area (Å²) in [6, 6.07) is 8.04. The van der Waals surface area contributed by atoms with Crippen molar-refractivity contribution in [3.05, 3.63) is 96.5 Å². The van der Waals surface area contributed by atoms with Gasteiger partial charge in [0.05, 0.1) is 23.0 Å². The number of nitrogens with one attached hydrogen (secondary N) is 1. The third-order valence-electron chi connectivity index (χ3n) is 4.66. The highest BCUT2D eigenvalue weighted by Gasteiger charge is 2.13. The molecule has 1 atom stereocenters. The van der Waals surface area contributed by atoms with Crippen LogP contribution in [0.5, 0.6) is 0 Å². The standard InChI is InChI=1S/C25H32N4/c1-9-12-18(4)29(8)25(11-3)28-20(6)19(5)27-21(7)24-15-14-22(17-26)16-23(24)13-10-2/h9,11-12,14-16,21,27H,1,3,5-6,10,13H2,2,4,7-8H3/b18-12-,28-25?. The minimum Gasteiger partial charge on any atom is -0.377 e. The second kappa shape index (κ2) is 11.5. The van der Waals surface area contributed by atoms with E-state index in [0.29, 0.717) is 22.8 Å². The fourth-order valence-corrected chi connectivity index (χ4v) is 2.93. The Morgan fingerprint density at radius 3 is 2.59 bits per heavy atom. The maximum atomic E-state index is 9.18. The summed E-state index contributed by atoms with van der Waals surface area (Å²) in [7, 11) is 1.91. The molecule has 0 heterocycles. The van der Waals surface area contributed by atoms with Crippen LogP contribution in [0.15, 0.2) is 84.8 Å². The summed E-state index contributed by atoms with van der Waals surface area (Å²) in [5.41, 5.74) is 5.16. The molecule has 1 unspecified atom stereocenters. The Morgan fingerprint density at radius 1 is 1.34 bits per heavy atom. The van der Waals surface area contributed by atoms with Crippen molar-refractivity contribution in [2.75, 3.05) is 7.05 Å². The molecule has 152 valence electrons. The van der Waals surface area contributed by atoms with Gasteiger partial charge in [-0.05, 0) is 55.7 Å². The number of aryl methyl sites for hydroxylation is 1. The van der Waals surface area contributed by atoms with Crippen LogP contribution < -0.4 is 5.32 Å². The van der Waals surface area contributed by atoms with E-state index in [1.165, 1.54) is 5.56 Å². The van der Waals surface area contributed by atoms with Gasteiger partial charge in [-0.25, -0.2) is 4.99 Å². The molecule has 0 radical (unpaired) electrons. The molecule has 4 heteroatoms. The lowest BCUT2D eigenvalue weighted by atomic mass is 9.96. The SMILES string of the molecule is C=C/C=C(/C)N(C)C(C=C)=NC(=C)C(=C)NC(C)c1ccc(C#N)cc1CCC. The van der Waals surface area contributed by atoms with Gasteiger partial charge in [0.15, 0.2) is 0 Å². The predicted octanol–water partition coefficient (Wildman–Crippen LogP) is 5.79. The maximum absolute atomic E-state index is 9.18. The van der Waals surface area contributed by atoms with Crippen LogP contribution in [0.2, 0.25) is 0 Å². The largest absolute Gasteiger partial charge is 0.377 e. The summed E-state index contributed by atoms with van der Waals surface area (Å²) in [5, 5.41) is 12.6. The molecule has 1 rings (SSSR count). The van der Waals surface area contributed by atoms with Crippen molar-refractivity contribution < 1.29 is 0 Å². The van der Waals surface area contributed by atoms with E-state index in [1.54, 1.807) is 12.2 Å². The molecule has 0 bridgehead atoms. The smallest absolute Gasteiger partial charge is 0.132 e. The third kappa shape index (κ3) is 6.65. The lowest BCUT2D eigenvalue weighted by Gasteiger charge is -2.22. The van der Waals surface area contributed by atoms with Crippen molar-refractivity contribution in [3.63, 3.8) is 0 Å². The molecule has 29 heavy (non-hydrogen) atoms. The Balaban J connectivity index is 3.01. The molecule has 0 spiro atoms. The van der Waals surface area contributed by atoms with E-state index in [0.717, 1.165) is 24.1 Å². The molecule has 0 amide bonds. The summed E-state index contributed by atoms with van der Waals surface area (Å²) in [5.74, 6) is 0.672. The van der Waals surface area contributed by atoms with E-state index in [2.05, 4.69) is 56.5 Å². The summed E-state index contributed by atoms with van der Waals surface area (Å²) in [6.45, 7) is 21.9. The quantitative estimate of drug-likeness (QED) is 0.313. The van der Waals surface area contributed by atoms with E-state index in [4.69, 9.17) is 0 Å². The zero-order valence-corrected chi connectivity index (χ0v) is 18.1. The molecule has 0 saturated heterocycles. The Hall–Kier alpha value is -3.32. The van der Waals surface area contributed by atoms with Gasteiger partial charge in [-0.2, -0.15) is 5.26 Å². The fourth-order valence-electron chi connectivity index (χ4n) is 2.93. The molecule has 0 aliphatic carbocycles. The first kappa shape index (κ1) is 23.7. The van der Waals surface area contributed by atoms with Crippen molar-refractivity contribution in [2.24, 2.45) is 4.99 Å². The van der Waals surface area contributed by atoms with Crippen LogP contribution in [0.4, 0.5) is 0 Å². The Labute approximate surface area is 176 Å². The van der Waals surface area contributed by atoms with E-state index >= 15 is 0 Å². The van der Waals surface area contributed by atoms with E-state index in [9.17, 15) is 5.26 Å². The van der Waals surface area contributed by atoms with Gasteiger partial charge in [-0.3, -0.25) is 0 Å². The maximum Gasteiger partial charge on any atom is 0.132 e. The average molecular weight is 389 g/mol. The summed E-state index contributed by atoms with van der Waals surface area (Å²) >= 11 is 0. The molecule has 1 N–H and O–H groups in total. The Morgan fingerprint density at radius 2 is 2.03 bits per heavy atom. The molecule has 1 aromatic rings. The second-order valence-corrected chi connectivity index (χ2v) is 6.84. The van der Waals surface area contributed by atoms with Crippen molar-refractivity contribution in [1.82, 2.24) is 10.2 Å². The average Bonchev–Trinajstić information content (AvgIpc) is 2.71. The van der Waals surface area contributed by atoms with Gasteiger partial charge in [-0.1, -0.05) is 51.8 Å². The number of nitrogens with zero attached hydrogens (tertiary/aromatic N) is 3. The van der Waals surface area contributed by atoms with Gasteiger partial charge in [0, 0.05) is 18.8 Å². The predicted molar refractivity (Wildman–Crippen MR) is 124 cm³/mol. The molecule has 0 fully saturated rings. The van der Waals surface area contributed by atoms with Crippen molar-refractivity contribution in [3.8, 4) is 6.07 Å². The van der Waals surface area contributed by atoms with Gasteiger partial charge in [0.2, 0.25) is 0 Å². The highest BCUT2D eigenvalue weighted by molar-refractivity contribution is 5.94. The first-order chi connectivity index (χ1) is 13.8. The van der Waals surface area contributed by atoms with Gasteiger partial charge in [0.1, 0.15) is 5.84 Å². The fraction of sp³-hybridized carbons (Fsp3) is 0.280. The summed E-state index contributed by atoms with van der Waals surface area (Å²) in [6.07, 6.45) is 7.25. The lowest BCUT2D eigenvalue weighted by Crippen LogP contribution is -2.24. The van der Waals surface area contributed by atoms with E-state index < -0.39 is 0 Å². The molecule has 1 aromatic carbocycles. The molecule has 0 aromatic heterocycles. The van der Waals surface area contributed by atoms with Crippen molar-refractivity contribution >= 4 is 5.84 Å². The summed E-state index contributed by atoms with van der Waals surface area (Å²) < 4.78 is 0. The van der Waals surface area contributed by atoms with Gasteiger partial charge in [-0.15, -0.1) is 0 Å². The number of rotatable bonds is 10. The Kier molecular flexibility index (Phi) is 9.41. The van der Waals surface area contributed by atoms with E-state index in [1.807, 2.05) is 43.1 Å². The monoisotopic (exact) mass is 388 g/mol. The second-order valence-electron chi connectivity index (χ2n) is 6.84. The van der Waals surface area contributed by atoms with Crippen molar-refractivity contribution in [2.45, 2.75) is 39.7 Å². The lowest BCUT2D eigenvalue weighted by molar-refractivity contribution is 0.626. The molecule has 0 saturated carbocycles. The summed E-state index contributed by atoms with van der Waals surface area (Å²) in [4.78, 5) is 6.49. The molecule has 0 aliphatic heterocycles. The molecule has 0 aliphatic rings. The Bertz CT molecular complexity index is 881. The van der Waals surface area contributed by atoms with Crippen LogP contribution in [0.3, 0.4) is 0 Å². The normalized spacial score (nSPS) is 12.5. The van der Waals surface area contributed by atoms with Gasteiger partial charge >= 0.3 is 0 Å². The van der Waals surface area contributed by atoms with Crippen LogP contribution in [-0.4, -0.2) is 17.8 Å². The topological polar surface area (TPSA) is 51.4 Å². The first-order valence-corrected chi connectivity index (χ1v) is 9.70. The number of hydrogen-bond acceptors (Lipinski definition) is 3. The third-order valence-corrected chi connectivity index (χ3v) is 4.66. The van der Waals surface area contributed by atoms with Crippen LogP contribution in [-0.2, 0) is 6.42 Å². The number of benzene rings is 1. The minimum atomic E-state index is 0.0102. The number of nitriles is 1. The molecular weight excluding hydrogens is 356 g/mol. The number of allylic oxidation sites excluding steroid dienone is 3.